The zero-order valence-corrected chi connectivity index (χ0v) is 9.89. The van der Waals surface area contributed by atoms with Gasteiger partial charge in [-0.25, -0.2) is 0 Å². The number of amides is 1. The van der Waals surface area contributed by atoms with E-state index in [-0.39, 0.29) is 11.4 Å². The molecule has 1 N–H and O–H groups in total. The molecule has 1 aromatic rings. The quantitative estimate of drug-likeness (QED) is 0.828. The molecule has 0 bridgehead atoms. The topological polar surface area (TPSA) is 42.2 Å². The Balaban J connectivity index is 2.69. The molecule has 0 atom stereocenters. The number of furan rings is 1. The lowest BCUT2D eigenvalue weighted by molar-refractivity contribution is 0.0881. The van der Waals surface area contributed by atoms with Crippen LogP contribution in [0.3, 0.4) is 0 Å². The lowest BCUT2D eigenvalue weighted by atomic mass is 10.0. The van der Waals surface area contributed by atoms with Crippen LogP contribution in [0.2, 0.25) is 0 Å². The Hall–Kier alpha value is -1.25. The van der Waals surface area contributed by atoms with Gasteiger partial charge in [-0.1, -0.05) is 13.8 Å². The van der Waals surface area contributed by atoms with Crippen LogP contribution in [0.5, 0.6) is 0 Å². The number of carbonyl (C=O) groups is 1. The highest BCUT2D eigenvalue weighted by atomic mass is 16.3. The standard InChI is InChI=1S/C12H19NO2/c1-5-9-7-8-10(15-9)11(14)13-12(3,4)6-2/h7-8H,5-6H2,1-4H3,(H,13,14). The van der Waals surface area contributed by atoms with Crippen LogP contribution < -0.4 is 5.32 Å². The third-order valence-corrected chi connectivity index (χ3v) is 2.57. The maximum Gasteiger partial charge on any atom is 0.287 e. The number of aryl methyl sites for hydroxylation is 1. The van der Waals surface area contributed by atoms with E-state index in [0.29, 0.717) is 5.76 Å². The van der Waals surface area contributed by atoms with Gasteiger partial charge in [-0.05, 0) is 32.4 Å². The van der Waals surface area contributed by atoms with Crippen LogP contribution in [0, 0.1) is 0 Å². The van der Waals surface area contributed by atoms with Gasteiger partial charge in [0.1, 0.15) is 5.76 Å². The Bertz CT molecular complexity index is 339. The second-order valence-corrected chi connectivity index (χ2v) is 4.31. The zero-order chi connectivity index (χ0) is 11.5. The molecule has 0 aromatic carbocycles. The molecule has 0 aliphatic heterocycles. The fourth-order valence-electron chi connectivity index (χ4n) is 1.15. The summed E-state index contributed by atoms with van der Waals surface area (Å²) in [4.78, 5) is 11.7. The summed E-state index contributed by atoms with van der Waals surface area (Å²) in [5.74, 6) is 1.10. The number of hydrogen-bond acceptors (Lipinski definition) is 2. The Labute approximate surface area is 90.9 Å². The molecule has 0 aliphatic carbocycles. The highest BCUT2D eigenvalue weighted by Gasteiger charge is 2.20. The summed E-state index contributed by atoms with van der Waals surface area (Å²) in [5, 5.41) is 2.93. The van der Waals surface area contributed by atoms with E-state index in [0.717, 1.165) is 18.6 Å². The fraction of sp³-hybridized carbons (Fsp3) is 0.583. The third kappa shape index (κ3) is 3.11. The Morgan fingerprint density at radius 3 is 2.53 bits per heavy atom. The summed E-state index contributed by atoms with van der Waals surface area (Å²) >= 11 is 0. The number of nitrogens with one attached hydrogen (secondary N) is 1. The van der Waals surface area contributed by atoms with Gasteiger partial charge in [0.15, 0.2) is 5.76 Å². The summed E-state index contributed by atoms with van der Waals surface area (Å²) in [7, 11) is 0. The second-order valence-electron chi connectivity index (χ2n) is 4.31. The average molecular weight is 209 g/mol. The Morgan fingerprint density at radius 1 is 1.40 bits per heavy atom. The van der Waals surface area contributed by atoms with Crippen LogP contribution in [0.15, 0.2) is 16.5 Å². The van der Waals surface area contributed by atoms with E-state index in [4.69, 9.17) is 4.42 Å². The molecule has 3 nitrogen and oxygen atoms in total. The Morgan fingerprint density at radius 2 is 2.07 bits per heavy atom. The fourth-order valence-corrected chi connectivity index (χ4v) is 1.15. The van der Waals surface area contributed by atoms with E-state index < -0.39 is 0 Å². The van der Waals surface area contributed by atoms with Gasteiger partial charge in [-0.15, -0.1) is 0 Å². The monoisotopic (exact) mass is 209 g/mol. The van der Waals surface area contributed by atoms with Crippen LogP contribution in [-0.2, 0) is 6.42 Å². The maximum absolute atomic E-state index is 11.7. The van der Waals surface area contributed by atoms with Crippen molar-refractivity contribution in [1.82, 2.24) is 5.32 Å². The molecular weight excluding hydrogens is 190 g/mol. The van der Waals surface area contributed by atoms with Crippen molar-refractivity contribution in [2.75, 3.05) is 0 Å². The molecule has 0 saturated heterocycles. The van der Waals surface area contributed by atoms with Crippen molar-refractivity contribution in [3.05, 3.63) is 23.7 Å². The van der Waals surface area contributed by atoms with Crippen molar-refractivity contribution in [3.63, 3.8) is 0 Å². The largest absolute Gasteiger partial charge is 0.456 e. The molecule has 1 aromatic heterocycles. The summed E-state index contributed by atoms with van der Waals surface area (Å²) in [6.45, 7) is 8.03. The minimum atomic E-state index is -0.184. The molecule has 0 aliphatic rings. The van der Waals surface area contributed by atoms with Crippen molar-refractivity contribution in [2.24, 2.45) is 0 Å². The minimum absolute atomic E-state index is 0.137. The van der Waals surface area contributed by atoms with Gasteiger partial charge in [0.05, 0.1) is 0 Å². The molecule has 0 spiro atoms. The van der Waals surface area contributed by atoms with Crippen LogP contribution in [-0.4, -0.2) is 11.4 Å². The summed E-state index contributed by atoms with van der Waals surface area (Å²) in [6.07, 6.45) is 1.70. The van der Waals surface area contributed by atoms with Gasteiger partial charge < -0.3 is 9.73 Å². The van der Waals surface area contributed by atoms with Crippen LogP contribution in [0.4, 0.5) is 0 Å². The molecule has 84 valence electrons. The van der Waals surface area contributed by atoms with Gasteiger partial charge in [0.25, 0.3) is 5.91 Å². The van der Waals surface area contributed by atoms with Crippen LogP contribution in [0.1, 0.15) is 50.4 Å². The predicted molar refractivity (Wildman–Crippen MR) is 59.9 cm³/mol. The predicted octanol–water partition coefficient (Wildman–Crippen LogP) is 2.76. The number of carbonyl (C=O) groups excluding carboxylic acids is 1. The first kappa shape index (κ1) is 11.8. The molecule has 0 saturated carbocycles. The van der Waals surface area contributed by atoms with Gasteiger partial charge in [-0.2, -0.15) is 0 Å². The van der Waals surface area contributed by atoms with E-state index >= 15 is 0 Å². The van der Waals surface area contributed by atoms with E-state index in [2.05, 4.69) is 5.32 Å². The number of rotatable bonds is 4. The maximum atomic E-state index is 11.7. The van der Waals surface area contributed by atoms with Crippen molar-refractivity contribution < 1.29 is 9.21 Å². The van der Waals surface area contributed by atoms with Crippen LogP contribution in [0.25, 0.3) is 0 Å². The first-order valence-electron chi connectivity index (χ1n) is 5.39. The first-order valence-corrected chi connectivity index (χ1v) is 5.39. The van der Waals surface area contributed by atoms with Crippen molar-refractivity contribution in [3.8, 4) is 0 Å². The molecule has 0 radical (unpaired) electrons. The van der Waals surface area contributed by atoms with E-state index in [9.17, 15) is 4.79 Å². The van der Waals surface area contributed by atoms with Gasteiger partial charge in [0, 0.05) is 12.0 Å². The van der Waals surface area contributed by atoms with Crippen molar-refractivity contribution >= 4 is 5.91 Å². The molecular formula is C12H19NO2. The highest BCUT2D eigenvalue weighted by Crippen LogP contribution is 2.12. The lowest BCUT2D eigenvalue weighted by Crippen LogP contribution is -2.42. The molecule has 1 amide bonds. The molecule has 0 fully saturated rings. The normalized spacial score (nSPS) is 11.5. The van der Waals surface area contributed by atoms with Crippen molar-refractivity contribution in [2.45, 2.75) is 46.1 Å². The minimum Gasteiger partial charge on any atom is -0.456 e. The summed E-state index contributed by atoms with van der Waals surface area (Å²) in [5.41, 5.74) is -0.184. The van der Waals surface area contributed by atoms with Crippen molar-refractivity contribution in [1.29, 1.82) is 0 Å². The molecule has 3 heteroatoms. The molecule has 1 heterocycles. The first-order chi connectivity index (χ1) is 6.98. The third-order valence-electron chi connectivity index (χ3n) is 2.57. The average Bonchev–Trinajstić information content (AvgIpc) is 2.65. The summed E-state index contributed by atoms with van der Waals surface area (Å²) < 4.78 is 5.37. The Kier molecular flexibility index (Phi) is 3.56. The highest BCUT2D eigenvalue weighted by molar-refractivity contribution is 5.91. The smallest absolute Gasteiger partial charge is 0.287 e. The van der Waals surface area contributed by atoms with Gasteiger partial charge in [0.2, 0.25) is 0 Å². The zero-order valence-electron chi connectivity index (χ0n) is 9.89. The van der Waals surface area contributed by atoms with E-state index in [1.165, 1.54) is 0 Å². The summed E-state index contributed by atoms with van der Waals surface area (Å²) in [6, 6.07) is 3.56. The van der Waals surface area contributed by atoms with Gasteiger partial charge >= 0.3 is 0 Å². The molecule has 0 unspecified atom stereocenters. The second kappa shape index (κ2) is 4.51. The molecule has 15 heavy (non-hydrogen) atoms. The van der Waals surface area contributed by atoms with E-state index in [1.54, 1.807) is 6.07 Å². The molecule has 1 rings (SSSR count). The number of hydrogen-bond donors (Lipinski definition) is 1. The van der Waals surface area contributed by atoms with E-state index in [1.807, 2.05) is 33.8 Å². The van der Waals surface area contributed by atoms with Gasteiger partial charge in [-0.3, -0.25) is 4.79 Å². The van der Waals surface area contributed by atoms with Crippen LogP contribution >= 0.6 is 0 Å². The SMILES string of the molecule is CCc1ccc(C(=O)NC(C)(C)CC)o1. The lowest BCUT2D eigenvalue weighted by Gasteiger charge is -2.23.